The Hall–Kier alpha value is -1.69. The van der Waals surface area contributed by atoms with Crippen LogP contribution in [0.2, 0.25) is 0 Å². The Bertz CT molecular complexity index is 293. The molecule has 1 heterocycles. The van der Waals surface area contributed by atoms with E-state index in [0.29, 0.717) is 19.4 Å². The molecule has 0 fully saturated rings. The van der Waals surface area contributed by atoms with E-state index in [9.17, 15) is 14.4 Å². The molecule has 0 radical (unpaired) electrons. The van der Waals surface area contributed by atoms with Crippen LogP contribution in [0.3, 0.4) is 0 Å². The molecule has 0 aliphatic carbocycles. The number of carbonyl (C=O) groups is 3. The zero-order chi connectivity index (χ0) is 13.3. The number of amides is 2. The molecule has 0 bridgehead atoms. The van der Waals surface area contributed by atoms with Gasteiger partial charge in [0.2, 0.25) is 0 Å². The Kier molecular flexibility index (Phi) is 7.62. The van der Waals surface area contributed by atoms with Crippen LogP contribution in [0.15, 0.2) is 12.2 Å². The van der Waals surface area contributed by atoms with Gasteiger partial charge in [0.05, 0.1) is 0 Å². The lowest BCUT2D eigenvalue weighted by molar-refractivity contribution is -0.137. The molecular formula is C11H17NO5. The van der Waals surface area contributed by atoms with Gasteiger partial charge >= 0.3 is 5.97 Å². The summed E-state index contributed by atoms with van der Waals surface area (Å²) in [4.78, 5) is 33.3. The SMILES string of the molecule is CCO.O=C(O)CCCCN1C(=O)C=CC1=O. The first-order valence-electron chi connectivity index (χ1n) is 5.39. The van der Waals surface area contributed by atoms with E-state index >= 15 is 0 Å². The summed E-state index contributed by atoms with van der Waals surface area (Å²) in [6, 6.07) is 0. The zero-order valence-electron chi connectivity index (χ0n) is 9.76. The summed E-state index contributed by atoms with van der Waals surface area (Å²) in [6.45, 7) is 2.23. The third-order valence-corrected chi connectivity index (χ3v) is 1.92. The average Bonchev–Trinajstić information content (AvgIpc) is 2.56. The highest BCUT2D eigenvalue weighted by Gasteiger charge is 2.22. The van der Waals surface area contributed by atoms with E-state index in [1.807, 2.05) is 0 Å². The van der Waals surface area contributed by atoms with Crippen LogP contribution >= 0.6 is 0 Å². The fraction of sp³-hybridized carbons (Fsp3) is 0.545. The van der Waals surface area contributed by atoms with Crippen molar-refractivity contribution in [2.24, 2.45) is 0 Å². The van der Waals surface area contributed by atoms with Gasteiger partial charge in [-0.3, -0.25) is 19.3 Å². The predicted octanol–water partition coefficient (Wildman–Crippen LogP) is 0.165. The molecule has 2 amide bonds. The second-order valence-corrected chi connectivity index (χ2v) is 3.33. The molecule has 1 rings (SSSR count). The van der Waals surface area contributed by atoms with Crippen molar-refractivity contribution < 1.29 is 24.6 Å². The highest BCUT2D eigenvalue weighted by molar-refractivity contribution is 6.12. The number of carboxylic acids is 1. The number of hydrogen-bond donors (Lipinski definition) is 2. The molecule has 0 spiro atoms. The molecule has 1 aliphatic rings. The van der Waals surface area contributed by atoms with Crippen LogP contribution in [0, 0.1) is 0 Å². The van der Waals surface area contributed by atoms with E-state index in [1.165, 1.54) is 12.2 Å². The molecule has 0 saturated carbocycles. The smallest absolute Gasteiger partial charge is 0.303 e. The quantitative estimate of drug-likeness (QED) is 0.530. The summed E-state index contributed by atoms with van der Waals surface area (Å²) in [6.07, 6.45) is 3.53. The molecule has 0 saturated heterocycles. The van der Waals surface area contributed by atoms with Crippen molar-refractivity contribution in [2.75, 3.05) is 13.2 Å². The summed E-state index contributed by atoms with van der Waals surface area (Å²) in [7, 11) is 0. The highest BCUT2D eigenvalue weighted by Crippen LogP contribution is 2.06. The number of aliphatic hydroxyl groups excluding tert-OH is 1. The maximum atomic E-state index is 11.0. The molecule has 1 aliphatic heterocycles. The first-order valence-corrected chi connectivity index (χ1v) is 5.39. The summed E-state index contributed by atoms with van der Waals surface area (Å²) < 4.78 is 0. The normalized spacial score (nSPS) is 13.6. The fourth-order valence-electron chi connectivity index (χ4n) is 1.20. The van der Waals surface area contributed by atoms with E-state index < -0.39 is 5.97 Å². The molecule has 6 heteroatoms. The second-order valence-electron chi connectivity index (χ2n) is 3.33. The van der Waals surface area contributed by atoms with Crippen molar-refractivity contribution in [3.8, 4) is 0 Å². The van der Waals surface area contributed by atoms with Crippen molar-refractivity contribution in [1.82, 2.24) is 4.90 Å². The largest absolute Gasteiger partial charge is 0.481 e. The fourth-order valence-corrected chi connectivity index (χ4v) is 1.20. The summed E-state index contributed by atoms with van der Waals surface area (Å²) in [5, 5.41) is 15.9. The van der Waals surface area contributed by atoms with Crippen molar-refractivity contribution in [3.63, 3.8) is 0 Å². The molecule has 2 N–H and O–H groups in total. The lowest BCUT2D eigenvalue weighted by Crippen LogP contribution is -2.30. The van der Waals surface area contributed by atoms with Gasteiger partial charge in [0.25, 0.3) is 11.8 Å². The lowest BCUT2D eigenvalue weighted by atomic mass is 10.2. The van der Waals surface area contributed by atoms with Gasteiger partial charge < -0.3 is 10.2 Å². The number of aliphatic carboxylic acids is 1. The summed E-state index contributed by atoms with van der Waals surface area (Å²) >= 11 is 0. The maximum absolute atomic E-state index is 11.0. The van der Waals surface area contributed by atoms with Crippen LogP contribution in [0.4, 0.5) is 0 Å². The number of nitrogens with zero attached hydrogens (tertiary/aromatic N) is 1. The zero-order valence-corrected chi connectivity index (χ0v) is 9.76. The van der Waals surface area contributed by atoms with Gasteiger partial charge in [0.1, 0.15) is 0 Å². The van der Waals surface area contributed by atoms with E-state index in [0.717, 1.165) is 4.90 Å². The van der Waals surface area contributed by atoms with Gasteiger partial charge in [-0.25, -0.2) is 0 Å². The molecule has 17 heavy (non-hydrogen) atoms. The van der Waals surface area contributed by atoms with E-state index in [-0.39, 0.29) is 24.8 Å². The van der Waals surface area contributed by atoms with Crippen molar-refractivity contribution in [3.05, 3.63) is 12.2 Å². The maximum Gasteiger partial charge on any atom is 0.303 e. The van der Waals surface area contributed by atoms with Crippen LogP contribution in [-0.4, -0.2) is 46.0 Å². The Balaban J connectivity index is 0.000000770. The monoisotopic (exact) mass is 243 g/mol. The van der Waals surface area contributed by atoms with Gasteiger partial charge in [0.15, 0.2) is 0 Å². The minimum absolute atomic E-state index is 0.0731. The van der Waals surface area contributed by atoms with Crippen LogP contribution in [-0.2, 0) is 14.4 Å². The van der Waals surface area contributed by atoms with Crippen LogP contribution < -0.4 is 0 Å². The molecule has 0 aromatic rings. The number of carbonyl (C=O) groups excluding carboxylic acids is 2. The van der Waals surface area contributed by atoms with Gasteiger partial charge in [-0.2, -0.15) is 0 Å². The molecule has 6 nitrogen and oxygen atoms in total. The number of unbranched alkanes of at least 4 members (excludes halogenated alkanes) is 1. The minimum atomic E-state index is -0.859. The Labute approximate surface area is 99.5 Å². The lowest BCUT2D eigenvalue weighted by Gasteiger charge is -2.12. The van der Waals surface area contributed by atoms with E-state index in [4.69, 9.17) is 10.2 Å². The molecule has 96 valence electrons. The van der Waals surface area contributed by atoms with Crippen LogP contribution in [0.1, 0.15) is 26.2 Å². The van der Waals surface area contributed by atoms with E-state index in [2.05, 4.69) is 0 Å². The Morgan fingerprint density at radius 3 is 2.12 bits per heavy atom. The van der Waals surface area contributed by atoms with Crippen LogP contribution in [0.25, 0.3) is 0 Å². The summed E-state index contributed by atoms with van der Waals surface area (Å²) in [5.41, 5.74) is 0. The predicted molar refractivity (Wildman–Crippen MR) is 60.1 cm³/mol. The van der Waals surface area contributed by atoms with Crippen molar-refractivity contribution >= 4 is 17.8 Å². The summed E-state index contributed by atoms with van der Waals surface area (Å²) in [5.74, 6) is -1.49. The Morgan fingerprint density at radius 1 is 1.24 bits per heavy atom. The van der Waals surface area contributed by atoms with Crippen LogP contribution in [0.5, 0.6) is 0 Å². The third-order valence-electron chi connectivity index (χ3n) is 1.92. The molecule has 0 aromatic heterocycles. The number of rotatable bonds is 5. The molecule has 0 unspecified atom stereocenters. The third kappa shape index (κ3) is 6.47. The van der Waals surface area contributed by atoms with Gasteiger partial charge in [-0.05, 0) is 19.8 Å². The van der Waals surface area contributed by atoms with Gasteiger partial charge in [-0.15, -0.1) is 0 Å². The number of carboxylic acid groups (broad SMARTS) is 1. The van der Waals surface area contributed by atoms with Crippen molar-refractivity contribution in [2.45, 2.75) is 26.2 Å². The van der Waals surface area contributed by atoms with Gasteiger partial charge in [-0.1, -0.05) is 0 Å². The van der Waals surface area contributed by atoms with E-state index in [1.54, 1.807) is 6.92 Å². The first-order chi connectivity index (χ1) is 8.02. The Morgan fingerprint density at radius 2 is 1.71 bits per heavy atom. The minimum Gasteiger partial charge on any atom is -0.481 e. The topological polar surface area (TPSA) is 94.9 Å². The highest BCUT2D eigenvalue weighted by atomic mass is 16.4. The molecule has 0 atom stereocenters. The number of aliphatic hydroxyl groups is 1. The van der Waals surface area contributed by atoms with Crippen molar-refractivity contribution in [1.29, 1.82) is 0 Å². The second kappa shape index (κ2) is 8.46. The first kappa shape index (κ1) is 15.3. The standard InChI is InChI=1S/C9H11NO4.C2H6O/c11-7-4-5-8(12)10(7)6-2-1-3-9(13)14;1-2-3/h4-5H,1-3,6H2,(H,13,14);3H,2H2,1H3. The average molecular weight is 243 g/mol. The molecular weight excluding hydrogens is 226 g/mol. The van der Waals surface area contributed by atoms with Gasteiger partial charge in [0, 0.05) is 31.7 Å². The molecule has 0 aromatic carbocycles. The number of hydrogen-bond acceptors (Lipinski definition) is 4. The number of imide groups is 1.